The van der Waals surface area contributed by atoms with Crippen molar-refractivity contribution in [2.45, 2.75) is 37.7 Å². The van der Waals surface area contributed by atoms with Crippen molar-refractivity contribution in [3.8, 4) is 0 Å². The van der Waals surface area contributed by atoms with Gasteiger partial charge < -0.3 is 15.4 Å². The Morgan fingerprint density at radius 2 is 1.86 bits per heavy atom. The van der Waals surface area contributed by atoms with Gasteiger partial charge in [-0.1, -0.05) is 24.3 Å². The number of nitrogens with one attached hydrogen (secondary N) is 2. The third-order valence-electron chi connectivity index (χ3n) is 4.81. The van der Waals surface area contributed by atoms with E-state index in [0.29, 0.717) is 24.9 Å². The minimum atomic E-state index is -4.33. The molecular formula is C19H24ClF3N4O2. The molecule has 1 aromatic carbocycles. The van der Waals surface area contributed by atoms with Gasteiger partial charge >= 0.3 is 6.18 Å². The fraction of sp³-hybridized carbons (Fsp3) is 0.474. The first-order chi connectivity index (χ1) is 13.4. The summed E-state index contributed by atoms with van der Waals surface area (Å²) in [4.78, 5) is 13.0. The molecule has 29 heavy (non-hydrogen) atoms. The predicted molar refractivity (Wildman–Crippen MR) is 104 cm³/mol. The smallest absolute Gasteiger partial charge is 0.367 e. The van der Waals surface area contributed by atoms with Gasteiger partial charge in [0.2, 0.25) is 5.91 Å². The Kier molecular flexibility index (Phi) is 8.06. The van der Waals surface area contributed by atoms with E-state index in [2.05, 4.69) is 20.5 Å². The molecule has 1 fully saturated rings. The van der Waals surface area contributed by atoms with Crippen LogP contribution in [0.5, 0.6) is 0 Å². The Labute approximate surface area is 173 Å². The van der Waals surface area contributed by atoms with E-state index in [1.54, 1.807) is 47.4 Å². The lowest BCUT2D eigenvalue weighted by atomic mass is 9.87. The average molecular weight is 433 g/mol. The van der Waals surface area contributed by atoms with E-state index in [9.17, 15) is 18.0 Å². The van der Waals surface area contributed by atoms with Gasteiger partial charge in [0.15, 0.2) is 0 Å². The van der Waals surface area contributed by atoms with Crippen molar-refractivity contribution in [2.75, 3.05) is 19.7 Å². The molecule has 2 N–H and O–H groups in total. The number of benzene rings is 1. The first kappa shape index (κ1) is 23.2. The fourth-order valence-electron chi connectivity index (χ4n) is 3.31. The van der Waals surface area contributed by atoms with Crippen LogP contribution in [-0.4, -0.2) is 41.6 Å². The van der Waals surface area contributed by atoms with E-state index in [1.807, 2.05) is 0 Å². The van der Waals surface area contributed by atoms with Gasteiger partial charge in [-0.15, -0.1) is 12.4 Å². The van der Waals surface area contributed by atoms with Gasteiger partial charge in [0.25, 0.3) is 0 Å². The van der Waals surface area contributed by atoms with Crippen LogP contribution < -0.4 is 10.6 Å². The van der Waals surface area contributed by atoms with Gasteiger partial charge in [0, 0.05) is 18.9 Å². The van der Waals surface area contributed by atoms with Gasteiger partial charge in [0.05, 0.1) is 6.61 Å². The lowest BCUT2D eigenvalue weighted by Gasteiger charge is -2.36. The summed E-state index contributed by atoms with van der Waals surface area (Å²) in [7, 11) is 0. The van der Waals surface area contributed by atoms with Crippen molar-refractivity contribution < 1.29 is 22.7 Å². The Morgan fingerprint density at radius 3 is 2.45 bits per heavy atom. The summed E-state index contributed by atoms with van der Waals surface area (Å²) in [6, 6.07) is 8.75. The number of halogens is 4. The van der Waals surface area contributed by atoms with Gasteiger partial charge in [-0.2, -0.15) is 18.3 Å². The van der Waals surface area contributed by atoms with Crippen LogP contribution in [-0.2, 0) is 28.2 Å². The number of alkyl halides is 3. The molecule has 0 bridgehead atoms. The summed E-state index contributed by atoms with van der Waals surface area (Å²) in [5.74, 6) is -0.0877. The van der Waals surface area contributed by atoms with Crippen molar-refractivity contribution in [3.05, 3.63) is 53.9 Å². The Hall–Kier alpha value is -2.10. The van der Waals surface area contributed by atoms with E-state index in [-0.39, 0.29) is 24.9 Å². The van der Waals surface area contributed by atoms with Crippen LogP contribution >= 0.6 is 12.4 Å². The normalized spacial score (nSPS) is 16.1. The second-order valence-corrected chi connectivity index (χ2v) is 6.84. The highest BCUT2D eigenvalue weighted by Crippen LogP contribution is 2.27. The van der Waals surface area contributed by atoms with Gasteiger partial charge in [0.1, 0.15) is 12.1 Å². The number of carbonyl (C=O) groups is 1. The minimum absolute atomic E-state index is 0. The Morgan fingerprint density at radius 1 is 1.21 bits per heavy atom. The molecule has 1 aliphatic rings. The van der Waals surface area contributed by atoms with Crippen LogP contribution in [0.4, 0.5) is 13.2 Å². The molecule has 160 valence electrons. The monoisotopic (exact) mass is 432 g/mol. The molecule has 0 atom stereocenters. The molecule has 10 heteroatoms. The van der Waals surface area contributed by atoms with E-state index in [4.69, 9.17) is 0 Å². The second kappa shape index (κ2) is 10.1. The van der Waals surface area contributed by atoms with Crippen LogP contribution in [0, 0.1) is 0 Å². The maximum absolute atomic E-state index is 13.0. The van der Waals surface area contributed by atoms with Crippen LogP contribution in [0.2, 0.25) is 0 Å². The van der Waals surface area contributed by atoms with Crippen LogP contribution in [0.15, 0.2) is 42.7 Å². The molecule has 0 unspecified atom stereocenters. The topological polar surface area (TPSA) is 68.2 Å². The number of ether oxygens (including phenoxy) is 1. The zero-order valence-corrected chi connectivity index (χ0v) is 16.6. The number of nitrogens with zero attached hydrogens (tertiary/aromatic N) is 2. The summed E-state index contributed by atoms with van der Waals surface area (Å²) in [6.07, 6.45) is 0.437. The average Bonchev–Trinajstić information content (AvgIpc) is 3.22. The molecule has 0 radical (unpaired) electrons. The first-order valence-corrected chi connectivity index (χ1v) is 9.10. The molecule has 1 amide bonds. The van der Waals surface area contributed by atoms with Crippen molar-refractivity contribution >= 4 is 18.3 Å². The number of rotatable bonds is 7. The molecule has 0 saturated carbocycles. The Bertz CT molecular complexity index is 761. The van der Waals surface area contributed by atoms with Crippen LogP contribution in [0.25, 0.3) is 0 Å². The lowest BCUT2D eigenvalue weighted by Crippen LogP contribution is -2.54. The zero-order valence-electron chi connectivity index (χ0n) is 15.7. The molecular weight excluding hydrogens is 409 g/mol. The number of carbonyl (C=O) groups excluding carboxylic acids is 1. The molecule has 1 saturated heterocycles. The maximum Gasteiger partial charge on any atom is 0.411 e. The number of hydrogen-bond acceptors (Lipinski definition) is 4. The maximum atomic E-state index is 13.0. The third kappa shape index (κ3) is 6.19. The van der Waals surface area contributed by atoms with Crippen LogP contribution in [0.1, 0.15) is 24.0 Å². The highest BCUT2D eigenvalue weighted by molar-refractivity contribution is 5.85. The third-order valence-corrected chi connectivity index (χ3v) is 4.81. The summed E-state index contributed by atoms with van der Waals surface area (Å²) in [5, 5.41) is 10.5. The highest BCUT2D eigenvalue weighted by atomic mass is 35.5. The molecule has 6 nitrogen and oxygen atoms in total. The predicted octanol–water partition coefficient (Wildman–Crippen LogP) is 2.78. The molecule has 0 aliphatic carbocycles. The lowest BCUT2D eigenvalue weighted by molar-refractivity contribution is -0.176. The van der Waals surface area contributed by atoms with E-state index in [0.717, 1.165) is 18.7 Å². The summed E-state index contributed by atoms with van der Waals surface area (Å²) in [6.45, 7) is 0.426. The largest absolute Gasteiger partial charge is 0.411 e. The molecule has 1 aromatic heterocycles. The quantitative estimate of drug-likeness (QED) is 0.706. The van der Waals surface area contributed by atoms with Crippen molar-refractivity contribution in [1.82, 2.24) is 20.4 Å². The molecule has 2 heterocycles. The number of amides is 1. The molecule has 0 spiro atoms. The number of hydrogen-bond donors (Lipinski definition) is 2. The van der Waals surface area contributed by atoms with Gasteiger partial charge in [-0.3, -0.25) is 9.48 Å². The second-order valence-electron chi connectivity index (χ2n) is 6.84. The SMILES string of the molecule is Cl.O=C(NCc1ccc(COCC(F)(F)F)cc1)C1(n2cccn2)CCNCC1. The minimum Gasteiger partial charge on any atom is -0.367 e. The van der Waals surface area contributed by atoms with Gasteiger partial charge in [-0.25, -0.2) is 0 Å². The van der Waals surface area contributed by atoms with Crippen molar-refractivity contribution in [2.24, 2.45) is 0 Å². The molecule has 2 aromatic rings. The molecule has 1 aliphatic heterocycles. The van der Waals surface area contributed by atoms with E-state index >= 15 is 0 Å². The fourth-order valence-corrected chi connectivity index (χ4v) is 3.31. The zero-order chi connectivity index (χ0) is 20.0. The van der Waals surface area contributed by atoms with Crippen LogP contribution in [0.3, 0.4) is 0 Å². The molecule has 3 rings (SSSR count). The van der Waals surface area contributed by atoms with E-state index in [1.165, 1.54) is 0 Å². The summed E-state index contributed by atoms with van der Waals surface area (Å²) in [5.41, 5.74) is 0.795. The number of aromatic nitrogens is 2. The van der Waals surface area contributed by atoms with Crippen molar-refractivity contribution in [1.29, 1.82) is 0 Å². The number of piperidine rings is 1. The summed E-state index contributed by atoms with van der Waals surface area (Å²) >= 11 is 0. The first-order valence-electron chi connectivity index (χ1n) is 9.10. The van der Waals surface area contributed by atoms with Gasteiger partial charge in [-0.05, 0) is 43.1 Å². The van der Waals surface area contributed by atoms with E-state index < -0.39 is 18.3 Å². The summed E-state index contributed by atoms with van der Waals surface area (Å²) < 4.78 is 42.7. The highest BCUT2D eigenvalue weighted by Gasteiger charge is 2.41. The van der Waals surface area contributed by atoms with Crippen molar-refractivity contribution in [3.63, 3.8) is 0 Å². The Balaban J connectivity index is 0.00000300. The standard InChI is InChI=1S/C19H23F3N4O2.ClH/c20-19(21,22)14-28-13-16-4-2-15(3-5-16)12-24-17(27)18(6-9-23-10-7-18)26-11-1-8-25-26;/h1-5,8,11,23H,6-7,9-10,12-14H2,(H,24,27);1H.